The van der Waals surface area contributed by atoms with Crippen LogP contribution in [0, 0.1) is 12.7 Å². The van der Waals surface area contributed by atoms with Crippen LogP contribution in [-0.2, 0) is 0 Å². The monoisotopic (exact) mass is 225 g/mol. The van der Waals surface area contributed by atoms with Gasteiger partial charge in [-0.3, -0.25) is 0 Å². The second kappa shape index (κ2) is 5.34. The molecule has 1 atom stereocenters. The summed E-state index contributed by atoms with van der Waals surface area (Å²) in [5.74, 6) is -0.0908. The molecule has 0 fully saturated rings. The number of benzene rings is 1. The Hall–Kier alpha value is -1.78. The quantitative estimate of drug-likeness (QED) is 0.318. The molecule has 0 aromatic heterocycles. The molecule has 0 bridgehead atoms. The Kier molecular flexibility index (Phi) is 4.10. The number of halogens is 1. The van der Waals surface area contributed by atoms with E-state index in [0.717, 1.165) is 11.3 Å². The summed E-state index contributed by atoms with van der Waals surface area (Å²) < 4.78 is 12.8. The van der Waals surface area contributed by atoms with Gasteiger partial charge in [0.2, 0.25) is 0 Å². The van der Waals surface area contributed by atoms with Gasteiger partial charge >= 0.3 is 0 Å². The average Bonchev–Trinajstić information content (AvgIpc) is 2.22. The Balaban J connectivity index is 2.66. The SMILES string of the molecule is Cc1cc(F)ccc1NC(C)CC(N)=NO. The van der Waals surface area contributed by atoms with Gasteiger partial charge < -0.3 is 16.3 Å². The average molecular weight is 225 g/mol. The minimum absolute atomic E-state index is 0.0139. The molecule has 0 aliphatic rings. The number of rotatable bonds is 4. The first-order chi connectivity index (χ1) is 7.52. The largest absolute Gasteiger partial charge is 0.409 e. The molecule has 1 unspecified atom stereocenters. The van der Waals surface area contributed by atoms with Crippen molar-refractivity contribution in [1.29, 1.82) is 0 Å². The molecule has 0 radical (unpaired) electrons. The molecule has 88 valence electrons. The lowest BCUT2D eigenvalue weighted by Gasteiger charge is -2.16. The van der Waals surface area contributed by atoms with Crippen molar-refractivity contribution in [3.05, 3.63) is 29.6 Å². The Morgan fingerprint density at radius 3 is 2.88 bits per heavy atom. The van der Waals surface area contributed by atoms with Crippen LogP contribution in [0.1, 0.15) is 18.9 Å². The number of oxime groups is 1. The molecule has 0 saturated carbocycles. The fourth-order valence-corrected chi connectivity index (χ4v) is 1.46. The summed E-state index contributed by atoms with van der Waals surface area (Å²) >= 11 is 0. The van der Waals surface area contributed by atoms with E-state index < -0.39 is 0 Å². The maximum atomic E-state index is 12.8. The molecule has 1 aromatic rings. The van der Waals surface area contributed by atoms with Crippen LogP contribution in [0.5, 0.6) is 0 Å². The molecule has 0 amide bonds. The number of amidine groups is 1. The number of hydrogen-bond donors (Lipinski definition) is 3. The number of nitrogens with two attached hydrogens (primary N) is 1. The molecule has 16 heavy (non-hydrogen) atoms. The van der Waals surface area contributed by atoms with Crippen molar-refractivity contribution in [2.24, 2.45) is 10.9 Å². The van der Waals surface area contributed by atoms with Crippen molar-refractivity contribution in [2.75, 3.05) is 5.32 Å². The van der Waals surface area contributed by atoms with Crippen molar-refractivity contribution in [1.82, 2.24) is 0 Å². The van der Waals surface area contributed by atoms with Crippen LogP contribution in [0.4, 0.5) is 10.1 Å². The van der Waals surface area contributed by atoms with E-state index in [9.17, 15) is 4.39 Å². The first-order valence-corrected chi connectivity index (χ1v) is 5.02. The van der Waals surface area contributed by atoms with Crippen molar-refractivity contribution >= 4 is 11.5 Å². The zero-order chi connectivity index (χ0) is 12.1. The van der Waals surface area contributed by atoms with Gasteiger partial charge in [0.15, 0.2) is 0 Å². The third kappa shape index (κ3) is 3.42. The van der Waals surface area contributed by atoms with E-state index in [2.05, 4.69) is 10.5 Å². The predicted molar refractivity (Wildman–Crippen MR) is 62.2 cm³/mol. The third-order valence-electron chi connectivity index (χ3n) is 2.23. The topological polar surface area (TPSA) is 70.6 Å². The molecule has 1 aromatic carbocycles. The standard InChI is InChI=1S/C11H16FN3O/c1-7-5-9(12)3-4-10(7)14-8(2)6-11(13)15-16/h3-5,8,14,16H,6H2,1-2H3,(H2,13,15). The summed E-state index contributed by atoms with van der Waals surface area (Å²) in [6.07, 6.45) is 0.424. The number of aryl methyl sites for hydroxylation is 1. The van der Waals surface area contributed by atoms with E-state index in [1.807, 2.05) is 13.8 Å². The van der Waals surface area contributed by atoms with Gasteiger partial charge in [0.1, 0.15) is 11.7 Å². The molecule has 4 N–H and O–H groups in total. The first kappa shape index (κ1) is 12.3. The van der Waals surface area contributed by atoms with Crippen LogP contribution in [0.15, 0.2) is 23.4 Å². The lowest BCUT2D eigenvalue weighted by molar-refractivity contribution is 0.316. The molecule has 0 spiro atoms. The van der Waals surface area contributed by atoms with E-state index in [-0.39, 0.29) is 17.7 Å². The van der Waals surface area contributed by atoms with Crippen LogP contribution in [0.2, 0.25) is 0 Å². The smallest absolute Gasteiger partial charge is 0.141 e. The van der Waals surface area contributed by atoms with Gasteiger partial charge in [-0.1, -0.05) is 5.16 Å². The van der Waals surface area contributed by atoms with Crippen LogP contribution in [0.25, 0.3) is 0 Å². The van der Waals surface area contributed by atoms with E-state index in [1.165, 1.54) is 12.1 Å². The summed E-state index contributed by atoms with van der Waals surface area (Å²) in [4.78, 5) is 0. The molecular formula is C11H16FN3O. The lowest BCUT2D eigenvalue weighted by Crippen LogP contribution is -2.24. The maximum Gasteiger partial charge on any atom is 0.141 e. The van der Waals surface area contributed by atoms with E-state index >= 15 is 0 Å². The van der Waals surface area contributed by atoms with Crippen molar-refractivity contribution in [3.63, 3.8) is 0 Å². The predicted octanol–water partition coefficient (Wildman–Crippen LogP) is 2.07. The fraction of sp³-hybridized carbons (Fsp3) is 0.364. The summed E-state index contributed by atoms with van der Waals surface area (Å²) in [5.41, 5.74) is 7.06. The summed E-state index contributed by atoms with van der Waals surface area (Å²) in [6.45, 7) is 3.72. The minimum Gasteiger partial charge on any atom is -0.409 e. The second-order valence-electron chi connectivity index (χ2n) is 3.80. The highest BCUT2D eigenvalue weighted by molar-refractivity contribution is 5.80. The van der Waals surface area contributed by atoms with Crippen molar-refractivity contribution in [3.8, 4) is 0 Å². The van der Waals surface area contributed by atoms with Gasteiger partial charge in [-0.2, -0.15) is 0 Å². The van der Waals surface area contributed by atoms with Crippen molar-refractivity contribution in [2.45, 2.75) is 26.3 Å². The van der Waals surface area contributed by atoms with Gasteiger partial charge in [0, 0.05) is 18.2 Å². The van der Waals surface area contributed by atoms with Gasteiger partial charge in [0.25, 0.3) is 0 Å². The fourth-order valence-electron chi connectivity index (χ4n) is 1.46. The molecule has 0 aliphatic heterocycles. The van der Waals surface area contributed by atoms with Crippen molar-refractivity contribution < 1.29 is 9.60 Å². The van der Waals surface area contributed by atoms with Crippen LogP contribution < -0.4 is 11.1 Å². The molecule has 0 saturated heterocycles. The Labute approximate surface area is 94.0 Å². The summed E-state index contributed by atoms with van der Waals surface area (Å²) in [7, 11) is 0. The normalized spacial score (nSPS) is 13.6. The Morgan fingerprint density at radius 2 is 2.31 bits per heavy atom. The lowest BCUT2D eigenvalue weighted by atomic mass is 10.1. The summed E-state index contributed by atoms with van der Waals surface area (Å²) in [6, 6.07) is 4.54. The summed E-state index contributed by atoms with van der Waals surface area (Å²) in [5, 5.41) is 14.5. The third-order valence-corrected chi connectivity index (χ3v) is 2.23. The van der Waals surface area contributed by atoms with Gasteiger partial charge in [0.05, 0.1) is 0 Å². The number of nitrogens with zero attached hydrogens (tertiary/aromatic N) is 1. The number of nitrogens with one attached hydrogen (secondary N) is 1. The molecule has 1 rings (SSSR count). The molecule has 0 heterocycles. The highest BCUT2D eigenvalue weighted by Crippen LogP contribution is 2.17. The number of anilines is 1. The van der Waals surface area contributed by atoms with E-state index in [0.29, 0.717) is 6.42 Å². The number of hydrogen-bond acceptors (Lipinski definition) is 3. The first-order valence-electron chi connectivity index (χ1n) is 5.02. The van der Waals surface area contributed by atoms with E-state index in [1.54, 1.807) is 6.07 Å². The molecule has 5 heteroatoms. The van der Waals surface area contributed by atoms with Crippen LogP contribution >= 0.6 is 0 Å². The minimum atomic E-state index is -0.257. The molecular weight excluding hydrogens is 209 g/mol. The van der Waals surface area contributed by atoms with Crippen LogP contribution in [0.3, 0.4) is 0 Å². The highest BCUT2D eigenvalue weighted by Gasteiger charge is 2.07. The Morgan fingerprint density at radius 1 is 1.62 bits per heavy atom. The zero-order valence-electron chi connectivity index (χ0n) is 9.37. The van der Waals surface area contributed by atoms with Gasteiger partial charge in [-0.05, 0) is 37.6 Å². The van der Waals surface area contributed by atoms with Gasteiger partial charge in [-0.25, -0.2) is 4.39 Å². The molecule has 0 aliphatic carbocycles. The second-order valence-corrected chi connectivity index (χ2v) is 3.80. The molecule has 4 nitrogen and oxygen atoms in total. The highest BCUT2D eigenvalue weighted by atomic mass is 19.1. The maximum absolute atomic E-state index is 12.8. The van der Waals surface area contributed by atoms with E-state index in [4.69, 9.17) is 10.9 Å². The van der Waals surface area contributed by atoms with Crippen LogP contribution in [-0.4, -0.2) is 17.1 Å². The van der Waals surface area contributed by atoms with Gasteiger partial charge in [-0.15, -0.1) is 0 Å². The zero-order valence-corrected chi connectivity index (χ0v) is 9.37. The Bertz CT molecular complexity index is 393.